The van der Waals surface area contributed by atoms with Crippen LogP contribution in [0.25, 0.3) is 0 Å². The van der Waals surface area contributed by atoms with E-state index in [0.29, 0.717) is 11.3 Å². The van der Waals surface area contributed by atoms with Crippen LogP contribution in [0.5, 0.6) is 0 Å². The molecule has 0 amide bonds. The first-order valence-corrected chi connectivity index (χ1v) is 7.87. The van der Waals surface area contributed by atoms with Crippen LogP contribution in [0.4, 0.5) is 10.1 Å². The first-order valence-electron chi connectivity index (χ1n) is 7.87. The topological polar surface area (TPSA) is 38.4 Å². The molecule has 0 aliphatic carbocycles. The molecule has 4 heteroatoms. The Bertz CT molecular complexity index is 738. The molecule has 0 fully saturated rings. The predicted molar refractivity (Wildman–Crippen MR) is 103 cm³/mol. The van der Waals surface area contributed by atoms with Gasteiger partial charge in [-0.05, 0) is 55.2 Å². The molecule has 0 aliphatic rings. The van der Waals surface area contributed by atoms with Crippen LogP contribution in [-0.2, 0) is 20.1 Å². The fourth-order valence-corrected chi connectivity index (χ4v) is 2.70. The Labute approximate surface area is 164 Å². The van der Waals surface area contributed by atoms with Crippen LogP contribution in [0.2, 0.25) is 0 Å². The summed E-state index contributed by atoms with van der Waals surface area (Å²) in [6.07, 6.45) is 4.71. The fourth-order valence-electron chi connectivity index (χ4n) is 2.70. The van der Waals surface area contributed by atoms with E-state index in [1.54, 1.807) is 13.0 Å². The van der Waals surface area contributed by atoms with Gasteiger partial charge in [0.2, 0.25) is 0 Å². The van der Waals surface area contributed by atoms with E-state index in [-0.39, 0.29) is 39.3 Å². The van der Waals surface area contributed by atoms with Crippen LogP contribution >= 0.6 is 0 Å². The third-order valence-corrected chi connectivity index (χ3v) is 3.88. The Kier molecular flexibility index (Phi) is 10.2. The predicted octanol–water partition coefficient (Wildman–Crippen LogP) is 5.68. The van der Waals surface area contributed by atoms with Crippen molar-refractivity contribution in [2.45, 2.75) is 33.1 Å². The first kappa shape index (κ1) is 23.2. The summed E-state index contributed by atoms with van der Waals surface area (Å²) in [7, 11) is 0. The van der Waals surface area contributed by atoms with Gasteiger partial charge in [0, 0.05) is 37.7 Å². The molecule has 0 saturated heterocycles. The number of allylic oxidation sites excluding steroid dienone is 2. The number of aliphatic imine (C=N–C) groups is 1. The van der Waals surface area contributed by atoms with Gasteiger partial charge in [0.25, 0.3) is 0 Å². The van der Waals surface area contributed by atoms with Gasteiger partial charge in [0.15, 0.2) is 0 Å². The minimum Gasteiger partial charge on any atom is -0.399 e. The van der Waals surface area contributed by atoms with Crippen molar-refractivity contribution in [1.82, 2.24) is 0 Å². The number of halogens is 1. The Morgan fingerprint density at radius 2 is 1.92 bits per heavy atom. The average molecular weight is 518 g/mol. The number of nitrogens with two attached hydrogens (primary N) is 1. The van der Waals surface area contributed by atoms with Crippen molar-refractivity contribution >= 4 is 11.9 Å². The first-order chi connectivity index (χ1) is 11.1. The molecule has 0 bridgehead atoms. The van der Waals surface area contributed by atoms with Crippen molar-refractivity contribution in [3.8, 4) is 0 Å². The molecule has 2 rings (SSSR count). The molecule has 2 N–H and O–H groups in total. The largest absolute Gasteiger partial charge is 0.399 e. The van der Waals surface area contributed by atoms with Crippen molar-refractivity contribution in [2.24, 2.45) is 4.99 Å². The summed E-state index contributed by atoms with van der Waals surface area (Å²) in [5, 5.41) is 0. The summed E-state index contributed by atoms with van der Waals surface area (Å²) in [6.45, 7) is 5.80. The second-order valence-corrected chi connectivity index (χ2v) is 5.49. The maximum atomic E-state index is 14.1. The molecule has 2 aromatic rings. The summed E-state index contributed by atoms with van der Waals surface area (Å²) in [5.41, 5.74) is 10.1. The quantitative estimate of drug-likeness (QED) is 0.309. The van der Waals surface area contributed by atoms with Crippen LogP contribution in [0.15, 0.2) is 59.2 Å². The van der Waals surface area contributed by atoms with Gasteiger partial charge in [0.05, 0.1) is 5.92 Å². The second kappa shape index (κ2) is 11.0. The molecular weight excluding hydrogens is 491 g/mol. The van der Waals surface area contributed by atoms with Crippen molar-refractivity contribution < 1.29 is 24.5 Å². The molecule has 2 nitrogen and oxygen atoms in total. The number of rotatable bonds is 5. The summed E-state index contributed by atoms with van der Waals surface area (Å²) >= 11 is 0. The van der Waals surface area contributed by atoms with Crippen molar-refractivity contribution in [3.63, 3.8) is 0 Å². The van der Waals surface area contributed by atoms with Gasteiger partial charge in [-0.1, -0.05) is 37.3 Å². The van der Waals surface area contributed by atoms with Crippen LogP contribution in [0.1, 0.15) is 42.9 Å². The number of hydrogen-bond acceptors (Lipinski definition) is 2. The third-order valence-electron chi connectivity index (χ3n) is 3.88. The van der Waals surface area contributed by atoms with Crippen LogP contribution in [0.3, 0.4) is 0 Å². The van der Waals surface area contributed by atoms with E-state index in [2.05, 4.69) is 4.99 Å². The Morgan fingerprint density at radius 1 is 1.24 bits per heavy atom. The van der Waals surface area contributed by atoms with Crippen LogP contribution in [-0.4, -0.2) is 6.21 Å². The monoisotopic (exact) mass is 518 g/mol. The van der Waals surface area contributed by atoms with Gasteiger partial charge in [-0.3, -0.25) is 4.99 Å². The van der Waals surface area contributed by atoms with Gasteiger partial charge in [-0.25, -0.2) is 4.39 Å². The van der Waals surface area contributed by atoms with Crippen LogP contribution < -0.4 is 5.73 Å². The molecule has 137 valence electrons. The maximum absolute atomic E-state index is 14.1. The minimum atomic E-state index is -0.202. The zero-order valence-corrected chi connectivity index (χ0v) is 17.6. The smallest absolute Gasteiger partial charge is 0.126 e. The van der Waals surface area contributed by atoms with E-state index < -0.39 is 0 Å². The van der Waals surface area contributed by atoms with Crippen molar-refractivity contribution in [3.05, 3.63) is 84.2 Å². The molecule has 2 aromatic carbocycles. The van der Waals surface area contributed by atoms with Crippen molar-refractivity contribution in [2.75, 3.05) is 5.73 Å². The SMILES string of the molecule is C/C=C(\N=CCC)C(c1cccc(N)c1)c1cccc(F)c1C.[CH3-].[Ir]. The number of nitrogens with zero attached hydrogens (tertiary/aromatic N) is 1. The number of hydrogen-bond donors (Lipinski definition) is 1. The molecule has 0 saturated carbocycles. The fraction of sp³-hybridized carbons (Fsp3) is 0.238. The number of benzene rings is 2. The Hall–Kier alpha value is -1.77. The Balaban J connectivity index is 0.00000288. The minimum absolute atomic E-state index is 0. The standard InChI is InChI=1S/C20H23FN2.CH3.Ir/c1-4-12-23-19(5-2)20(15-8-6-9-16(22)13-15)17-10-7-11-18(21)14(17)3;;/h5-13,20H,4,22H2,1-3H3;1H3;/q;-1;/b19-5-,23-12?;;. The molecule has 0 spiro atoms. The average Bonchev–Trinajstić information content (AvgIpc) is 2.54. The molecular formula is C21H26FIrN2-. The molecule has 0 aromatic heterocycles. The third kappa shape index (κ3) is 5.62. The molecule has 1 unspecified atom stereocenters. The van der Waals surface area contributed by atoms with E-state index in [1.165, 1.54) is 6.07 Å². The summed E-state index contributed by atoms with van der Waals surface area (Å²) < 4.78 is 14.1. The Morgan fingerprint density at radius 3 is 2.52 bits per heavy atom. The van der Waals surface area contributed by atoms with E-state index in [4.69, 9.17) is 5.73 Å². The molecule has 1 atom stereocenters. The van der Waals surface area contributed by atoms with Gasteiger partial charge in [0.1, 0.15) is 5.82 Å². The number of nitrogen functional groups attached to an aromatic ring is 1. The zero-order chi connectivity index (χ0) is 16.8. The summed E-state index contributed by atoms with van der Waals surface area (Å²) in [6, 6.07) is 12.9. The van der Waals surface area contributed by atoms with E-state index in [9.17, 15) is 4.39 Å². The number of anilines is 1. The van der Waals surface area contributed by atoms with E-state index in [1.807, 2.05) is 56.5 Å². The van der Waals surface area contributed by atoms with Gasteiger partial charge in [-0.2, -0.15) is 0 Å². The molecule has 25 heavy (non-hydrogen) atoms. The van der Waals surface area contributed by atoms with Crippen molar-refractivity contribution in [1.29, 1.82) is 0 Å². The second-order valence-electron chi connectivity index (χ2n) is 5.49. The van der Waals surface area contributed by atoms with Gasteiger partial charge >= 0.3 is 0 Å². The van der Waals surface area contributed by atoms with E-state index >= 15 is 0 Å². The van der Waals surface area contributed by atoms with E-state index in [0.717, 1.165) is 23.2 Å². The normalized spacial score (nSPS) is 12.4. The maximum Gasteiger partial charge on any atom is 0.126 e. The summed E-state index contributed by atoms with van der Waals surface area (Å²) in [5.74, 6) is -0.340. The zero-order valence-electron chi connectivity index (χ0n) is 15.2. The van der Waals surface area contributed by atoms with Gasteiger partial charge in [-0.15, -0.1) is 0 Å². The molecule has 0 heterocycles. The summed E-state index contributed by atoms with van der Waals surface area (Å²) in [4.78, 5) is 4.59. The molecule has 1 radical (unpaired) electrons. The van der Waals surface area contributed by atoms with Gasteiger partial charge < -0.3 is 13.2 Å². The van der Waals surface area contributed by atoms with Crippen LogP contribution in [0, 0.1) is 20.2 Å². The molecule has 0 aliphatic heterocycles.